The van der Waals surface area contributed by atoms with Crippen molar-refractivity contribution in [3.8, 4) is 0 Å². The molecule has 0 saturated carbocycles. The Morgan fingerprint density at radius 3 is 2.61 bits per heavy atom. The minimum Gasteiger partial charge on any atom is -0.328 e. The third-order valence-electron chi connectivity index (χ3n) is 2.62. The van der Waals surface area contributed by atoms with Gasteiger partial charge in [0, 0.05) is 6.54 Å². The van der Waals surface area contributed by atoms with Crippen molar-refractivity contribution in [1.82, 2.24) is 10.2 Å². The maximum Gasteiger partial charge on any atom is 0.276 e. The molecular weight excluding hydrogens is 244 g/mol. The molecule has 2 rings (SSSR count). The van der Waals surface area contributed by atoms with Gasteiger partial charge in [0.1, 0.15) is 5.70 Å². The van der Waals surface area contributed by atoms with Crippen LogP contribution in [0.1, 0.15) is 19.4 Å². The molecule has 1 heterocycles. The zero-order chi connectivity index (χ0) is 13.1. The predicted octanol–water partition coefficient (Wildman–Crippen LogP) is 2.40. The SMILES string of the molecule is CC(C)CN1C(=O)C(=Cc2ccccc2)NC1=S. The van der Waals surface area contributed by atoms with Crippen molar-refractivity contribution in [2.75, 3.05) is 6.54 Å². The fourth-order valence-corrected chi connectivity index (χ4v) is 2.09. The van der Waals surface area contributed by atoms with E-state index in [0.717, 1.165) is 5.56 Å². The van der Waals surface area contributed by atoms with Crippen molar-refractivity contribution < 1.29 is 4.79 Å². The number of nitrogens with zero attached hydrogens (tertiary/aromatic N) is 1. The van der Waals surface area contributed by atoms with Crippen molar-refractivity contribution in [3.63, 3.8) is 0 Å². The summed E-state index contributed by atoms with van der Waals surface area (Å²) in [4.78, 5) is 13.8. The molecule has 0 radical (unpaired) electrons. The molecule has 0 atom stereocenters. The maximum atomic E-state index is 12.2. The van der Waals surface area contributed by atoms with E-state index in [0.29, 0.717) is 23.3 Å². The topological polar surface area (TPSA) is 32.3 Å². The van der Waals surface area contributed by atoms with Gasteiger partial charge in [0.15, 0.2) is 5.11 Å². The molecule has 1 saturated heterocycles. The van der Waals surface area contributed by atoms with Crippen LogP contribution in [-0.2, 0) is 4.79 Å². The highest BCUT2D eigenvalue weighted by Gasteiger charge is 2.30. The van der Waals surface area contributed by atoms with Crippen molar-refractivity contribution >= 4 is 29.3 Å². The van der Waals surface area contributed by atoms with Crippen molar-refractivity contribution in [1.29, 1.82) is 0 Å². The molecule has 0 unspecified atom stereocenters. The molecule has 1 aromatic carbocycles. The smallest absolute Gasteiger partial charge is 0.276 e. The molecule has 0 spiro atoms. The first-order valence-corrected chi connectivity index (χ1v) is 6.38. The summed E-state index contributed by atoms with van der Waals surface area (Å²) in [5.74, 6) is 0.349. The van der Waals surface area contributed by atoms with Gasteiger partial charge in [-0.3, -0.25) is 9.69 Å². The average Bonchev–Trinajstić information content (AvgIpc) is 2.58. The summed E-state index contributed by atoms with van der Waals surface area (Å²) < 4.78 is 0. The van der Waals surface area contributed by atoms with Crippen LogP contribution in [0.2, 0.25) is 0 Å². The molecule has 1 fully saturated rings. The Bertz CT molecular complexity index is 494. The first-order chi connectivity index (χ1) is 8.58. The van der Waals surface area contributed by atoms with Crippen LogP contribution >= 0.6 is 12.2 Å². The predicted molar refractivity (Wildman–Crippen MR) is 76.7 cm³/mol. The number of rotatable bonds is 3. The Kier molecular flexibility index (Phi) is 3.77. The van der Waals surface area contributed by atoms with E-state index >= 15 is 0 Å². The van der Waals surface area contributed by atoms with Crippen LogP contribution in [0.5, 0.6) is 0 Å². The summed E-state index contributed by atoms with van der Waals surface area (Å²) in [6.07, 6.45) is 1.83. The molecule has 0 aromatic heterocycles. The van der Waals surface area contributed by atoms with Gasteiger partial charge in [0.2, 0.25) is 0 Å². The second kappa shape index (κ2) is 5.31. The lowest BCUT2D eigenvalue weighted by Crippen LogP contribution is -2.33. The number of hydrogen-bond donors (Lipinski definition) is 1. The molecule has 3 nitrogen and oxygen atoms in total. The molecule has 0 aliphatic carbocycles. The van der Waals surface area contributed by atoms with Gasteiger partial charge in [-0.2, -0.15) is 0 Å². The van der Waals surface area contributed by atoms with E-state index < -0.39 is 0 Å². The van der Waals surface area contributed by atoms with E-state index in [9.17, 15) is 4.79 Å². The summed E-state index contributed by atoms with van der Waals surface area (Å²) in [5.41, 5.74) is 1.54. The minimum atomic E-state index is -0.0439. The van der Waals surface area contributed by atoms with Gasteiger partial charge in [-0.1, -0.05) is 44.2 Å². The van der Waals surface area contributed by atoms with Gasteiger partial charge in [-0.05, 0) is 29.8 Å². The molecule has 1 amide bonds. The van der Waals surface area contributed by atoms with Crippen LogP contribution in [-0.4, -0.2) is 22.5 Å². The Balaban J connectivity index is 2.20. The number of carbonyl (C=O) groups is 1. The molecule has 1 N–H and O–H groups in total. The largest absolute Gasteiger partial charge is 0.328 e. The maximum absolute atomic E-state index is 12.2. The number of nitrogens with one attached hydrogen (secondary N) is 1. The van der Waals surface area contributed by atoms with Crippen LogP contribution < -0.4 is 5.32 Å². The highest BCUT2D eigenvalue weighted by atomic mass is 32.1. The minimum absolute atomic E-state index is 0.0439. The molecule has 1 aliphatic heterocycles. The van der Waals surface area contributed by atoms with Crippen LogP contribution in [0.4, 0.5) is 0 Å². The number of thiocarbonyl (C=S) groups is 1. The van der Waals surface area contributed by atoms with Crippen LogP contribution in [0, 0.1) is 5.92 Å². The zero-order valence-corrected chi connectivity index (χ0v) is 11.3. The van der Waals surface area contributed by atoms with Gasteiger partial charge < -0.3 is 5.32 Å². The number of carbonyl (C=O) groups excluding carboxylic acids is 1. The van der Waals surface area contributed by atoms with Gasteiger partial charge in [0.25, 0.3) is 5.91 Å². The van der Waals surface area contributed by atoms with Crippen LogP contribution in [0.15, 0.2) is 36.0 Å². The zero-order valence-electron chi connectivity index (χ0n) is 10.5. The highest BCUT2D eigenvalue weighted by molar-refractivity contribution is 7.80. The van der Waals surface area contributed by atoms with Crippen molar-refractivity contribution in [2.24, 2.45) is 5.92 Å². The Hall–Kier alpha value is -1.68. The van der Waals surface area contributed by atoms with Crippen molar-refractivity contribution in [2.45, 2.75) is 13.8 Å². The molecule has 1 aromatic rings. The lowest BCUT2D eigenvalue weighted by atomic mass is 10.2. The first kappa shape index (κ1) is 12.8. The first-order valence-electron chi connectivity index (χ1n) is 5.97. The molecule has 1 aliphatic rings. The summed E-state index contributed by atoms with van der Waals surface area (Å²) in [6, 6.07) is 9.74. The molecule has 0 bridgehead atoms. The molecule has 4 heteroatoms. The van der Waals surface area contributed by atoms with Gasteiger partial charge in [-0.15, -0.1) is 0 Å². The van der Waals surface area contributed by atoms with E-state index in [2.05, 4.69) is 19.2 Å². The van der Waals surface area contributed by atoms with Gasteiger partial charge in [-0.25, -0.2) is 0 Å². The third kappa shape index (κ3) is 2.76. The lowest BCUT2D eigenvalue weighted by molar-refractivity contribution is -0.122. The monoisotopic (exact) mass is 260 g/mol. The fourth-order valence-electron chi connectivity index (χ4n) is 1.82. The standard InChI is InChI=1S/C14H16N2OS/c1-10(2)9-16-13(17)12(15-14(16)18)8-11-6-4-3-5-7-11/h3-8,10H,9H2,1-2H3,(H,15,18). The Morgan fingerprint density at radius 1 is 1.33 bits per heavy atom. The number of hydrogen-bond acceptors (Lipinski definition) is 2. The quantitative estimate of drug-likeness (QED) is 0.669. The third-order valence-corrected chi connectivity index (χ3v) is 2.94. The number of amides is 1. The summed E-state index contributed by atoms with van der Waals surface area (Å²) in [5, 5.41) is 3.47. The van der Waals surface area contributed by atoms with Crippen molar-refractivity contribution in [3.05, 3.63) is 41.6 Å². The molecule has 18 heavy (non-hydrogen) atoms. The fraction of sp³-hybridized carbons (Fsp3) is 0.286. The summed E-state index contributed by atoms with van der Waals surface area (Å²) >= 11 is 5.18. The summed E-state index contributed by atoms with van der Waals surface area (Å²) in [6.45, 7) is 4.78. The van der Waals surface area contributed by atoms with Crippen LogP contribution in [0.25, 0.3) is 6.08 Å². The van der Waals surface area contributed by atoms with E-state index in [1.807, 2.05) is 36.4 Å². The van der Waals surface area contributed by atoms with Crippen LogP contribution in [0.3, 0.4) is 0 Å². The summed E-state index contributed by atoms with van der Waals surface area (Å²) in [7, 11) is 0. The molecule has 94 valence electrons. The lowest BCUT2D eigenvalue weighted by Gasteiger charge is -2.15. The Morgan fingerprint density at radius 2 is 2.00 bits per heavy atom. The number of benzene rings is 1. The van der Waals surface area contributed by atoms with E-state index in [-0.39, 0.29) is 5.91 Å². The second-order valence-corrected chi connectivity index (χ2v) is 5.10. The second-order valence-electron chi connectivity index (χ2n) is 4.71. The highest BCUT2D eigenvalue weighted by Crippen LogP contribution is 2.15. The normalized spacial score (nSPS) is 17.7. The van der Waals surface area contributed by atoms with Gasteiger partial charge >= 0.3 is 0 Å². The van der Waals surface area contributed by atoms with E-state index in [4.69, 9.17) is 12.2 Å². The van der Waals surface area contributed by atoms with Gasteiger partial charge in [0.05, 0.1) is 0 Å². The molecular formula is C14H16N2OS. The average molecular weight is 260 g/mol. The Labute approximate surface area is 112 Å². The van der Waals surface area contributed by atoms with E-state index in [1.165, 1.54) is 0 Å². The van der Waals surface area contributed by atoms with E-state index in [1.54, 1.807) is 4.90 Å².